The SMILES string of the molecule is CCCC1(C(=O)NC(C)C2CCC2)CCCNC1. The molecule has 0 radical (unpaired) electrons. The van der Waals surface area contributed by atoms with Crippen LogP contribution in [0, 0.1) is 11.3 Å². The molecule has 1 saturated carbocycles. The molecule has 1 aliphatic carbocycles. The lowest BCUT2D eigenvalue weighted by Crippen LogP contribution is -2.53. The predicted octanol–water partition coefficient (Wildman–Crippen LogP) is 2.46. The molecule has 2 rings (SSSR count). The van der Waals surface area contributed by atoms with Gasteiger partial charge < -0.3 is 10.6 Å². The van der Waals surface area contributed by atoms with E-state index >= 15 is 0 Å². The van der Waals surface area contributed by atoms with Gasteiger partial charge in [0.2, 0.25) is 5.91 Å². The van der Waals surface area contributed by atoms with Gasteiger partial charge in [-0.05, 0) is 51.5 Å². The van der Waals surface area contributed by atoms with Crippen molar-refractivity contribution >= 4 is 5.91 Å². The van der Waals surface area contributed by atoms with Crippen LogP contribution in [0.25, 0.3) is 0 Å². The van der Waals surface area contributed by atoms with Crippen LogP contribution >= 0.6 is 0 Å². The third-order valence-electron chi connectivity index (χ3n) is 4.90. The minimum Gasteiger partial charge on any atom is -0.353 e. The molecule has 0 bridgehead atoms. The molecule has 2 N–H and O–H groups in total. The summed E-state index contributed by atoms with van der Waals surface area (Å²) < 4.78 is 0. The van der Waals surface area contributed by atoms with Crippen LogP contribution in [0.3, 0.4) is 0 Å². The molecule has 2 aliphatic rings. The van der Waals surface area contributed by atoms with Crippen molar-refractivity contribution in [3.8, 4) is 0 Å². The smallest absolute Gasteiger partial charge is 0.227 e. The molecule has 1 amide bonds. The van der Waals surface area contributed by atoms with Gasteiger partial charge in [0, 0.05) is 12.6 Å². The summed E-state index contributed by atoms with van der Waals surface area (Å²) in [5, 5.41) is 6.71. The van der Waals surface area contributed by atoms with Crippen LogP contribution in [-0.2, 0) is 4.79 Å². The van der Waals surface area contributed by atoms with Crippen LogP contribution < -0.4 is 10.6 Å². The van der Waals surface area contributed by atoms with E-state index in [-0.39, 0.29) is 5.41 Å². The Labute approximate surface area is 111 Å². The number of nitrogens with one attached hydrogen (secondary N) is 2. The number of amides is 1. The zero-order valence-electron chi connectivity index (χ0n) is 11.9. The highest BCUT2D eigenvalue weighted by Gasteiger charge is 2.39. The van der Waals surface area contributed by atoms with Crippen LogP contribution in [0.15, 0.2) is 0 Å². The first-order valence-electron chi connectivity index (χ1n) is 7.69. The van der Waals surface area contributed by atoms with E-state index in [1.165, 1.54) is 19.3 Å². The Morgan fingerprint density at radius 1 is 1.44 bits per heavy atom. The first-order chi connectivity index (χ1) is 8.68. The molecular weight excluding hydrogens is 224 g/mol. The van der Waals surface area contributed by atoms with Crippen molar-refractivity contribution in [2.45, 2.75) is 64.8 Å². The van der Waals surface area contributed by atoms with Crippen LogP contribution in [-0.4, -0.2) is 25.0 Å². The van der Waals surface area contributed by atoms with E-state index in [2.05, 4.69) is 24.5 Å². The summed E-state index contributed by atoms with van der Waals surface area (Å²) in [6.07, 6.45) is 8.21. The zero-order chi connectivity index (χ0) is 13.0. The second kappa shape index (κ2) is 6.05. The average Bonchev–Trinajstić information content (AvgIpc) is 2.28. The molecule has 3 heteroatoms. The number of carbonyl (C=O) groups excluding carboxylic acids is 1. The summed E-state index contributed by atoms with van der Waals surface area (Å²) in [4.78, 5) is 12.6. The van der Waals surface area contributed by atoms with Crippen molar-refractivity contribution in [3.63, 3.8) is 0 Å². The maximum absolute atomic E-state index is 12.6. The number of hydrogen-bond acceptors (Lipinski definition) is 2. The summed E-state index contributed by atoms with van der Waals surface area (Å²) in [6, 6.07) is 0.363. The maximum Gasteiger partial charge on any atom is 0.227 e. The molecule has 104 valence electrons. The molecule has 0 spiro atoms. The van der Waals surface area contributed by atoms with E-state index in [0.717, 1.165) is 44.7 Å². The minimum absolute atomic E-state index is 0.134. The molecular formula is C15H28N2O. The molecule has 2 atom stereocenters. The van der Waals surface area contributed by atoms with Crippen molar-refractivity contribution in [3.05, 3.63) is 0 Å². The predicted molar refractivity (Wildman–Crippen MR) is 74.4 cm³/mol. The average molecular weight is 252 g/mol. The fourth-order valence-corrected chi connectivity index (χ4v) is 3.38. The molecule has 1 aliphatic heterocycles. The number of hydrogen-bond donors (Lipinski definition) is 2. The molecule has 2 fully saturated rings. The van der Waals surface area contributed by atoms with Crippen molar-refractivity contribution in [1.29, 1.82) is 0 Å². The Kier molecular flexibility index (Phi) is 4.66. The molecule has 0 aromatic rings. The second-order valence-corrected chi connectivity index (χ2v) is 6.26. The standard InChI is InChI=1S/C15H28N2O/c1-3-8-15(9-5-10-16-11-15)14(18)17-12(2)13-6-4-7-13/h12-13,16H,3-11H2,1-2H3,(H,17,18). The Morgan fingerprint density at radius 2 is 2.22 bits per heavy atom. The van der Waals surface area contributed by atoms with Gasteiger partial charge in [0.1, 0.15) is 0 Å². The van der Waals surface area contributed by atoms with Gasteiger partial charge in [0.15, 0.2) is 0 Å². The lowest BCUT2D eigenvalue weighted by molar-refractivity contribution is -0.133. The third kappa shape index (κ3) is 2.87. The van der Waals surface area contributed by atoms with E-state index < -0.39 is 0 Å². The number of piperidine rings is 1. The summed E-state index contributed by atoms with van der Waals surface area (Å²) in [5.74, 6) is 1.03. The second-order valence-electron chi connectivity index (χ2n) is 6.26. The van der Waals surface area contributed by atoms with E-state index in [1.54, 1.807) is 0 Å². The fourth-order valence-electron chi connectivity index (χ4n) is 3.38. The highest BCUT2D eigenvalue weighted by atomic mass is 16.2. The van der Waals surface area contributed by atoms with Crippen LogP contribution in [0.1, 0.15) is 58.8 Å². The van der Waals surface area contributed by atoms with Crippen molar-refractivity contribution in [1.82, 2.24) is 10.6 Å². The Balaban J connectivity index is 1.94. The van der Waals surface area contributed by atoms with Gasteiger partial charge >= 0.3 is 0 Å². The molecule has 2 unspecified atom stereocenters. The molecule has 0 aromatic carbocycles. The molecule has 0 aromatic heterocycles. The van der Waals surface area contributed by atoms with Gasteiger partial charge in [-0.3, -0.25) is 4.79 Å². The van der Waals surface area contributed by atoms with E-state index in [9.17, 15) is 4.79 Å². The van der Waals surface area contributed by atoms with Gasteiger partial charge in [-0.25, -0.2) is 0 Å². The lowest BCUT2D eigenvalue weighted by atomic mass is 9.75. The van der Waals surface area contributed by atoms with Crippen LogP contribution in [0.5, 0.6) is 0 Å². The van der Waals surface area contributed by atoms with Gasteiger partial charge in [-0.2, -0.15) is 0 Å². The van der Waals surface area contributed by atoms with E-state index in [0.29, 0.717) is 11.9 Å². The monoisotopic (exact) mass is 252 g/mol. The summed E-state index contributed by atoms with van der Waals surface area (Å²) in [5.41, 5.74) is -0.134. The number of carbonyl (C=O) groups is 1. The third-order valence-corrected chi connectivity index (χ3v) is 4.90. The van der Waals surface area contributed by atoms with E-state index in [1.807, 2.05) is 0 Å². The topological polar surface area (TPSA) is 41.1 Å². The molecule has 18 heavy (non-hydrogen) atoms. The fraction of sp³-hybridized carbons (Fsp3) is 0.933. The highest BCUT2D eigenvalue weighted by Crippen LogP contribution is 2.34. The van der Waals surface area contributed by atoms with Crippen LogP contribution in [0.2, 0.25) is 0 Å². The summed E-state index contributed by atoms with van der Waals surface area (Å²) >= 11 is 0. The summed E-state index contributed by atoms with van der Waals surface area (Å²) in [7, 11) is 0. The normalized spacial score (nSPS) is 30.6. The molecule has 3 nitrogen and oxygen atoms in total. The minimum atomic E-state index is -0.134. The van der Waals surface area contributed by atoms with Crippen molar-refractivity contribution in [2.24, 2.45) is 11.3 Å². The lowest BCUT2D eigenvalue weighted by Gasteiger charge is -2.39. The zero-order valence-corrected chi connectivity index (χ0v) is 11.9. The Hall–Kier alpha value is -0.570. The number of rotatable bonds is 5. The molecule has 1 saturated heterocycles. The Morgan fingerprint density at radius 3 is 2.72 bits per heavy atom. The van der Waals surface area contributed by atoms with Gasteiger partial charge in [0.05, 0.1) is 5.41 Å². The largest absolute Gasteiger partial charge is 0.353 e. The highest BCUT2D eigenvalue weighted by molar-refractivity contribution is 5.83. The van der Waals surface area contributed by atoms with Gasteiger partial charge in [-0.1, -0.05) is 19.8 Å². The van der Waals surface area contributed by atoms with E-state index in [4.69, 9.17) is 0 Å². The first kappa shape index (κ1) is 13.9. The van der Waals surface area contributed by atoms with Gasteiger partial charge in [-0.15, -0.1) is 0 Å². The Bertz CT molecular complexity index is 275. The maximum atomic E-state index is 12.6. The summed E-state index contributed by atoms with van der Waals surface area (Å²) in [6.45, 7) is 6.29. The quantitative estimate of drug-likeness (QED) is 0.789. The van der Waals surface area contributed by atoms with Crippen molar-refractivity contribution in [2.75, 3.05) is 13.1 Å². The van der Waals surface area contributed by atoms with Gasteiger partial charge in [0.25, 0.3) is 0 Å². The molecule has 1 heterocycles. The van der Waals surface area contributed by atoms with Crippen LogP contribution in [0.4, 0.5) is 0 Å². The first-order valence-corrected chi connectivity index (χ1v) is 7.69. The van der Waals surface area contributed by atoms with Crippen molar-refractivity contribution < 1.29 is 4.79 Å².